The van der Waals surface area contributed by atoms with Crippen molar-refractivity contribution in [3.63, 3.8) is 0 Å². The van der Waals surface area contributed by atoms with Crippen molar-refractivity contribution in [1.82, 2.24) is 15.1 Å². The summed E-state index contributed by atoms with van der Waals surface area (Å²) in [5.41, 5.74) is 7.40. The number of H-pyrrole nitrogens is 1. The molecule has 6 heteroatoms. The Morgan fingerprint density at radius 3 is 2.83 bits per heavy atom. The zero-order valence-electron chi connectivity index (χ0n) is 10.9. The molecule has 0 fully saturated rings. The predicted octanol–water partition coefficient (Wildman–Crippen LogP) is 1.32. The standard InChI is InChI=1S/C12H19N5O/c1-3-6-9-10(14)11(16-15-9)12(18)17(4-2)8-5-7-13/h3-6,8,14H2,1-2H3,(H,15,16). The lowest BCUT2D eigenvalue weighted by molar-refractivity contribution is 0.0763. The molecule has 0 aliphatic heterocycles. The number of hydrogen-bond donors (Lipinski definition) is 2. The average molecular weight is 249 g/mol. The molecule has 0 spiro atoms. The van der Waals surface area contributed by atoms with Crippen LogP contribution in [0.1, 0.15) is 42.9 Å². The lowest BCUT2D eigenvalue weighted by atomic mass is 10.2. The minimum atomic E-state index is -0.219. The highest BCUT2D eigenvalue weighted by Gasteiger charge is 2.21. The summed E-state index contributed by atoms with van der Waals surface area (Å²) in [5, 5.41) is 15.3. The molecular weight excluding hydrogens is 230 g/mol. The molecule has 0 unspecified atom stereocenters. The number of carbonyl (C=O) groups is 1. The van der Waals surface area contributed by atoms with E-state index >= 15 is 0 Å². The van der Waals surface area contributed by atoms with Gasteiger partial charge >= 0.3 is 0 Å². The van der Waals surface area contributed by atoms with E-state index < -0.39 is 0 Å². The van der Waals surface area contributed by atoms with Crippen LogP contribution in [-0.2, 0) is 6.42 Å². The summed E-state index contributed by atoms with van der Waals surface area (Å²) in [4.78, 5) is 13.7. The number of nitrogens with two attached hydrogens (primary N) is 1. The van der Waals surface area contributed by atoms with Gasteiger partial charge in [-0.2, -0.15) is 10.4 Å². The molecule has 1 heterocycles. The Morgan fingerprint density at radius 2 is 2.28 bits per heavy atom. The third-order valence-corrected chi connectivity index (χ3v) is 2.75. The number of rotatable bonds is 6. The molecule has 98 valence electrons. The smallest absolute Gasteiger partial charge is 0.276 e. The minimum absolute atomic E-state index is 0.219. The van der Waals surface area contributed by atoms with E-state index in [1.165, 1.54) is 0 Å². The average Bonchev–Trinajstić information content (AvgIpc) is 2.72. The molecule has 0 saturated heterocycles. The Hall–Kier alpha value is -2.03. The first-order chi connectivity index (χ1) is 8.65. The molecule has 0 atom stereocenters. The van der Waals surface area contributed by atoms with Gasteiger partial charge in [0.15, 0.2) is 5.69 Å². The molecule has 0 aliphatic rings. The second kappa shape index (κ2) is 6.64. The van der Waals surface area contributed by atoms with Gasteiger partial charge in [0.25, 0.3) is 5.91 Å². The number of nitrogens with zero attached hydrogens (tertiary/aromatic N) is 3. The lowest BCUT2D eigenvalue weighted by Crippen LogP contribution is -2.32. The van der Waals surface area contributed by atoms with Crippen molar-refractivity contribution in [1.29, 1.82) is 5.26 Å². The van der Waals surface area contributed by atoms with Crippen LogP contribution in [0.15, 0.2) is 0 Å². The summed E-state index contributed by atoms with van der Waals surface area (Å²) in [5.74, 6) is -0.219. The van der Waals surface area contributed by atoms with Crippen LogP contribution in [0.25, 0.3) is 0 Å². The van der Waals surface area contributed by atoms with Gasteiger partial charge in [-0.1, -0.05) is 13.3 Å². The van der Waals surface area contributed by atoms with E-state index in [0.717, 1.165) is 18.5 Å². The van der Waals surface area contributed by atoms with Crippen LogP contribution in [0, 0.1) is 11.3 Å². The minimum Gasteiger partial charge on any atom is -0.395 e. The summed E-state index contributed by atoms with van der Waals surface area (Å²) in [6, 6.07) is 2.03. The number of aromatic nitrogens is 2. The van der Waals surface area contributed by atoms with Crippen molar-refractivity contribution in [3.05, 3.63) is 11.4 Å². The number of nitrogens with one attached hydrogen (secondary N) is 1. The van der Waals surface area contributed by atoms with E-state index in [2.05, 4.69) is 10.2 Å². The number of aromatic amines is 1. The molecule has 0 bridgehead atoms. The summed E-state index contributed by atoms with van der Waals surface area (Å²) < 4.78 is 0. The van der Waals surface area contributed by atoms with Crippen LogP contribution >= 0.6 is 0 Å². The molecule has 0 aromatic carbocycles. The number of amides is 1. The molecule has 18 heavy (non-hydrogen) atoms. The van der Waals surface area contributed by atoms with Crippen molar-refractivity contribution < 1.29 is 4.79 Å². The number of carbonyl (C=O) groups excluding carboxylic acids is 1. The zero-order valence-corrected chi connectivity index (χ0v) is 10.9. The Bertz CT molecular complexity index is 446. The predicted molar refractivity (Wildman–Crippen MR) is 68.8 cm³/mol. The topological polar surface area (TPSA) is 98.8 Å². The van der Waals surface area contributed by atoms with Crippen molar-refractivity contribution in [2.75, 3.05) is 18.8 Å². The molecule has 0 aliphatic carbocycles. The number of nitriles is 1. The molecule has 0 saturated carbocycles. The van der Waals surface area contributed by atoms with E-state index in [1.54, 1.807) is 4.90 Å². The quantitative estimate of drug-likeness (QED) is 0.794. The van der Waals surface area contributed by atoms with Gasteiger partial charge in [-0.15, -0.1) is 0 Å². The van der Waals surface area contributed by atoms with Crippen molar-refractivity contribution in [3.8, 4) is 6.07 Å². The van der Waals surface area contributed by atoms with Crippen LogP contribution in [0.3, 0.4) is 0 Å². The summed E-state index contributed by atoms with van der Waals surface area (Å²) in [7, 11) is 0. The van der Waals surface area contributed by atoms with Gasteiger partial charge in [-0.05, 0) is 13.3 Å². The summed E-state index contributed by atoms with van der Waals surface area (Å²) in [6.45, 7) is 4.84. The van der Waals surface area contributed by atoms with Crippen LogP contribution in [0.4, 0.5) is 5.69 Å². The fourth-order valence-electron chi connectivity index (χ4n) is 1.73. The highest BCUT2D eigenvalue weighted by atomic mass is 16.2. The number of anilines is 1. The van der Waals surface area contributed by atoms with Crippen LogP contribution in [-0.4, -0.2) is 34.1 Å². The van der Waals surface area contributed by atoms with Gasteiger partial charge in [0.05, 0.1) is 23.9 Å². The van der Waals surface area contributed by atoms with Gasteiger partial charge in [0.1, 0.15) is 0 Å². The third-order valence-electron chi connectivity index (χ3n) is 2.75. The highest BCUT2D eigenvalue weighted by Crippen LogP contribution is 2.17. The van der Waals surface area contributed by atoms with E-state index in [1.807, 2.05) is 19.9 Å². The molecule has 3 N–H and O–H groups in total. The molecule has 1 aromatic heterocycles. The zero-order chi connectivity index (χ0) is 13.5. The second-order valence-corrected chi connectivity index (χ2v) is 4.01. The number of aryl methyl sites for hydroxylation is 1. The van der Waals surface area contributed by atoms with E-state index in [-0.39, 0.29) is 11.6 Å². The molecule has 1 amide bonds. The van der Waals surface area contributed by atoms with Crippen LogP contribution < -0.4 is 5.73 Å². The number of hydrogen-bond acceptors (Lipinski definition) is 4. The monoisotopic (exact) mass is 249 g/mol. The molecule has 1 aromatic rings. The van der Waals surface area contributed by atoms with E-state index in [4.69, 9.17) is 11.0 Å². The largest absolute Gasteiger partial charge is 0.395 e. The van der Waals surface area contributed by atoms with Crippen LogP contribution in [0.2, 0.25) is 0 Å². The fourth-order valence-corrected chi connectivity index (χ4v) is 1.73. The maximum atomic E-state index is 12.2. The van der Waals surface area contributed by atoms with Crippen LogP contribution in [0.5, 0.6) is 0 Å². The second-order valence-electron chi connectivity index (χ2n) is 4.01. The molecule has 0 radical (unpaired) electrons. The normalized spacial score (nSPS) is 10.1. The number of nitrogen functional groups attached to an aromatic ring is 1. The van der Waals surface area contributed by atoms with Gasteiger partial charge in [0, 0.05) is 13.1 Å². The first kappa shape index (κ1) is 14.0. The Kier molecular flexibility index (Phi) is 5.18. The fraction of sp³-hybridized carbons (Fsp3) is 0.583. The van der Waals surface area contributed by atoms with Gasteiger partial charge in [0.2, 0.25) is 0 Å². The van der Waals surface area contributed by atoms with Crippen molar-refractivity contribution in [2.45, 2.75) is 33.1 Å². The van der Waals surface area contributed by atoms with Crippen molar-refractivity contribution in [2.24, 2.45) is 0 Å². The van der Waals surface area contributed by atoms with E-state index in [0.29, 0.717) is 25.2 Å². The first-order valence-electron chi connectivity index (χ1n) is 6.14. The van der Waals surface area contributed by atoms with Gasteiger partial charge in [-0.25, -0.2) is 0 Å². The van der Waals surface area contributed by atoms with Crippen molar-refractivity contribution >= 4 is 11.6 Å². The Morgan fingerprint density at radius 1 is 1.56 bits per heavy atom. The first-order valence-corrected chi connectivity index (χ1v) is 6.14. The Balaban J connectivity index is 2.85. The summed E-state index contributed by atoms with van der Waals surface area (Å²) >= 11 is 0. The molecular formula is C12H19N5O. The molecule has 1 rings (SSSR count). The molecule has 6 nitrogen and oxygen atoms in total. The highest BCUT2D eigenvalue weighted by molar-refractivity contribution is 5.97. The van der Waals surface area contributed by atoms with E-state index in [9.17, 15) is 4.79 Å². The summed E-state index contributed by atoms with van der Waals surface area (Å²) in [6.07, 6.45) is 2.02. The maximum absolute atomic E-state index is 12.2. The SMILES string of the molecule is CCCc1[nH]nc(C(=O)N(CC)CCC#N)c1N. The third kappa shape index (κ3) is 3.00. The Labute approximate surface area is 107 Å². The van der Waals surface area contributed by atoms with Gasteiger partial charge in [-0.3, -0.25) is 9.89 Å². The van der Waals surface area contributed by atoms with Gasteiger partial charge < -0.3 is 10.6 Å². The lowest BCUT2D eigenvalue weighted by Gasteiger charge is -2.18. The maximum Gasteiger partial charge on any atom is 0.276 e.